The van der Waals surface area contributed by atoms with E-state index in [0.29, 0.717) is 19.4 Å². The monoisotopic (exact) mass is 429 g/mol. The molecule has 1 aliphatic rings. The van der Waals surface area contributed by atoms with Gasteiger partial charge in [0.1, 0.15) is 6.04 Å². The molecule has 168 valence electrons. The molecule has 3 unspecified atom stereocenters. The van der Waals surface area contributed by atoms with E-state index in [4.69, 9.17) is 5.11 Å². The second kappa shape index (κ2) is 14.7. The number of aliphatic carboxylic acids is 1. The fraction of sp³-hybridized carbons (Fsp3) is 0.857. The number of hydrogen-bond donors (Lipinski definition) is 5. The average Bonchev–Trinajstić information content (AvgIpc) is 2.64. The zero-order valence-corrected chi connectivity index (χ0v) is 18.8. The van der Waals surface area contributed by atoms with E-state index in [1.54, 1.807) is 0 Å². The van der Waals surface area contributed by atoms with Crippen molar-refractivity contribution in [2.45, 2.75) is 82.9 Å². The van der Waals surface area contributed by atoms with Gasteiger partial charge in [-0.1, -0.05) is 26.7 Å². The lowest BCUT2D eigenvalue weighted by Crippen LogP contribution is -2.50. The Balaban J connectivity index is 2.76. The number of carbonyl (C=O) groups excluding carboxylic acids is 2. The number of carbonyl (C=O) groups is 3. The van der Waals surface area contributed by atoms with Crippen molar-refractivity contribution in [3.8, 4) is 0 Å². The Bertz CT molecular complexity index is 516. The predicted octanol–water partition coefficient (Wildman–Crippen LogP) is 2.36. The van der Waals surface area contributed by atoms with Gasteiger partial charge in [0.25, 0.3) is 0 Å². The number of carboxylic acid groups (broad SMARTS) is 1. The first-order valence-corrected chi connectivity index (χ1v) is 11.5. The number of rotatable bonds is 7. The van der Waals surface area contributed by atoms with Crippen LogP contribution in [-0.4, -0.2) is 53.8 Å². The Labute approximate surface area is 180 Å². The quantitative estimate of drug-likeness (QED) is 0.399. The lowest BCUT2D eigenvalue weighted by molar-refractivity contribution is -0.137. The second-order valence-corrected chi connectivity index (χ2v) is 9.08. The van der Waals surface area contributed by atoms with Crippen molar-refractivity contribution in [1.82, 2.24) is 16.0 Å². The summed E-state index contributed by atoms with van der Waals surface area (Å²) >= 11 is 4.39. The summed E-state index contributed by atoms with van der Waals surface area (Å²) in [5, 5.41) is 17.8. The maximum absolute atomic E-state index is 12.9. The Hall–Kier alpha value is -1.28. The minimum atomic E-state index is -0.977. The van der Waals surface area contributed by atoms with Gasteiger partial charge < -0.3 is 21.1 Å². The summed E-state index contributed by atoms with van der Waals surface area (Å²) in [6.45, 7) is 6.53. The zero-order valence-electron chi connectivity index (χ0n) is 17.9. The summed E-state index contributed by atoms with van der Waals surface area (Å²) in [5.41, 5.74) is 0. The maximum atomic E-state index is 12.9. The van der Waals surface area contributed by atoms with Gasteiger partial charge in [-0.3, -0.25) is 14.4 Å². The highest BCUT2D eigenvalue weighted by molar-refractivity contribution is 7.81. The maximum Gasteiger partial charge on any atom is 0.304 e. The molecule has 0 aromatic heterocycles. The number of nitrogens with one attached hydrogen (secondary N) is 3. The molecule has 4 N–H and O–H groups in total. The molecule has 0 aliphatic carbocycles. The summed E-state index contributed by atoms with van der Waals surface area (Å²) in [6.07, 6.45) is 7.01. The average molecular weight is 430 g/mol. The molecule has 0 radical (unpaired) electrons. The number of carboxylic acids is 1. The van der Waals surface area contributed by atoms with Gasteiger partial charge >= 0.3 is 5.97 Å². The number of thiol groups is 1. The summed E-state index contributed by atoms with van der Waals surface area (Å²) < 4.78 is 0. The fourth-order valence-corrected chi connectivity index (χ4v) is 4.02. The molecule has 1 aliphatic heterocycles. The molecule has 3 atom stereocenters. The first-order valence-electron chi connectivity index (χ1n) is 11.0. The molecule has 0 aromatic carbocycles. The second-order valence-electron chi connectivity index (χ2n) is 8.41. The van der Waals surface area contributed by atoms with Crippen LogP contribution in [0, 0.1) is 11.8 Å². The highest BCUT2D eigenvalue weighted by Crippen LogP contribution is 2.23. The molecular formula is C21H39N3O4S. The van der Waals surface area contributed by atoms with Gasteiger partial charge in [-0.25, -0.2) is 0 Å². The normalized spacial score (nSPS) is 22.2. The third kappa shape index (κ3) is 11.5. The topological polar surface area (TPSA) is 108 Å². The first-order chi connectivity index (χ1) is 13.8. The first kappa shape index (κ1) is 25.8. The van der Waals surface area contributed by atoms with Crippen molar-refractivity contribution in [3.05, 3.63) is 0 Å². The Morgan fingerprint density at radius 3 is 2.34 bits per heavy atom. The zero-order chi connectivity index (χ0) is 21.6. The van der Waals surface area contributed by atoms with Gasteiger partial charge in [-0.15, -0.1) is 0 Å². The van der Waals surface area contributed by atoms with Crippen LogP contribution in [0.3, 0.4) is 0 Å². The van der Waals surface area contributed by atoms with Crippen LogP contribution in [0.25, 0.3) is 0 Å². The van der Waals surface area contributed by atoms with E-state index in [-0.39, 0.29) is 24.2 Å². The molecule has 1 rings (SSSR count). The molecule has 0 saturated carbocycles. The molecule has 8 heteroatoms. The third-order valence-corrected chi connectivity index (χ3v) is 5.76. The van der Waals surface area contributed by atoms with Crippen LogP contribution in [0.1, 0.15) is 71.6 Å². The SMILES string of the molecule is CC(C)CC(C(=O)NC1CCCCNCCCCCCNC1=O)C(S)CC(=O)O. The van der Waals surface area contributed by atoms with Crippen LogP contribution in [0.2, 0.25) is 0 Å². The summed E-state index contributed by atoms with van der Waals surface area (Å²) in [7, 11) is 0. The summed E-state index contributed by atoms with van der Waals surface area (Å²) in [4.78, 5) is 36.7. The van der Waals surface area contributed by atoms with Crippen LogP contribution >= 0.6 is 12.6 Å². The Morgan fingerprint density at radius 1 is 1.10 bits per heavy atom. The van der Waals surface area contributed by atoms with Crippen molar-refractivity contribution in [2.75, 3.05) is 19.6 Å². The Kier molecular flexibility index (Phi) is 13.0. The van der Waals surface area contributed by atoms with Gasteiger partial charge in [0.05, 0.1) is 12.3 Å². The summed E-state index contributed by atoms with van der Waals surface area (Å²) in [6, 6.07) is -0.592. The molecule has 0 bridgehead atoms. The number of hydrogen-bond acceptors (Lipinski definition) is 5. The molecule has 1 saturated heterocycles. The molecule has 0 spiro atoms. The van der Waals surface area contributed by atoms with Gasteiger partial charge in [-0.05, 0) is 57.5 Å². The Morgan fingerprint density at radius 2 is 1.72 bits per heavy atom. The molecule has 1 heterocycles. The minimum absolute atomic E-state index is 0.152. The predicted molar refractivity (Wildman–Crippen MR) is 118 cm³/mol. The van der Waals surface area contributed by atoms with Crippen molar-refractivity contribution >= 4 is 30.4 Å². The standard InChI is InChI=1S/C21H39N3O4S/c1-15(2)13-16(18(29)14-19(25)26)20(27)24-17-9-5-8-11-22-10-6-3-4-7-12-23-21(17)28/h15-18,22,29H,3-14H2,1-2H3,(H,23,28)(H,24,27)(H,25,26). The van der Waals surface area contributed by atoms with Crippen molar-refractivity contribution in [2.24, 2.45) is 11.8 Å². The van der Waals surface area contributed by atoms with E-state index in [2.05, 4.69) is 28.6 Å². The van der Waals surface area contributed by atoms with E-state index in [1.807, 2.05) is 13.8 Å². The van der Waals surface area contributed by atoms with Crippen LogP contribution in [0.15, 0.2) is 0 Å². The minimum Gasteiger partial charge on any atom is -0.481 e. The highest BCUT2D eigenvalue weighted by Gasteiger charge is 2.31. The van der Waals surface area contributed by atoms with E-state index in [1.165, 1.54) is 0 Å². The lowest BCUT2D eigenvalue weighted by Gasteiger charge is -2.26. The van der Waals surface area contributed by atoms with Crippen LogP contribution < -0.4 is 16.0 Å². The van der Waals surface area contributed by atoms with E-state index in [9.17, 15) is 14.4 Å². The molecular weight excluding hydrogens is 390 g/mol. The summed E-state index contributed by atoms with van der Waals surface area (Å²) in [5.74, 6) is -1.73. The van der Waals surface area contributed by atoms with E-state index in [0.717, 1.165) is 51.6 Å². The smallest absolute Gasteiger partial charge is 0.304 e. The van der Waals surface area contributed by atoms with Gasteiger partial charge in [0, 0.05) is 11.8 Å². The van der Waals surface area contributed by atoms with Crippen LogP contribution in [0.5, 0.6) is 0 Å². The van der Waals surface area contributed by atoms with Gasteiger partial charge in [-0.2, -0.15) is 12.6 Å². The molecule has 2 amide bonds. The van der Waals surface area contributed by atoms with Crippen LogP contribution in [0.4, 0.5) is 0 Å². The third-order valence-electron chi connectivity index (χ3n) is 5.22. The van der Waals surface area contributed by atoms with Crippen molar-refractivity contribution < 1.29 is 19.5 Å². The molecule has 1 fully saturated rings. The number of amides is 2. The van der Waals surface area contributed by atoms with Gasteiger partial charge in [0.15, 0.2) is 0 Å². The lowest BCUT2D eigenvalue weighted by atomic mass is 9.91. The van der Waals surface area contributed by atoms with E-state index >= 15 is 0 Å². The highest BCUT2D eigenvalue weighted by atomic mass is 32.1. The molecule has 7 nitrogen and oxygen atoms in total. The van der Waals surface area contributed by atoms with Crippen molar-refractivity contribution in [1.29, 1.82) is 0 Å². The molecule has 0 aromatic rings. The van der Waals surface area contributed by atoms with Crippen molar-refractivity contribution in [3.63, 3.8) is 0 Å². The largest absolute Gasteiger partial charge is 0.481 e. The fourth-order valence-electron chi connectivity index (χ4n) is 3.60. The van der Waals surface area contributed by atoms with E-state index < -0.39 is 23.2 Å². The van der Waals surface area contributed by atoms with Gasteiger partial charge in [0.2, 0.25) is 11.8 Å². The molecule has 29 heavy (non-hydrogen) atoms. The van der Waals surface area contributed by atoms with Crippen LogP contribution in [-0.2, 0) is 14.4 Å².